The molecule has 0 aromatic carbocycles. The minimum Gasteiger partial charge on any atom is -0.366 e. The van der Waals surface area contributed by atoms with Gasteiger partial charge in [0.1, 0.15) is 5.82 Å². The van der Waals surface area contributed by atoms with Gasteiger partial charge in [-0.3, -0.25) is 0 Å². The fourth-order valence-corrected chi connectivity index (χ4v) is 1.21. The van der Waals surface area contributed by atoms with Gasteiger partial charge in [-0.15, -0.1) is 0 Å². The third-order valence-electron chi connectivity index (χ3n) is 1.62. The van der Waals surface area contributed by atoms with Gasteiger partial charge in [0.15, 0.2) is 0 Å². The molecule has 14 heavy (non-hydrogen) atoms. The van der Waals surface area contributed by atoms with Crippen LogP contribution in [-0.2, 0) is 0 Å². The number of halogens is 1. The lowest BCUT2D eigenvalue weighted by Crippen LogP contribution is -2.02. The van der Waals surface area contributed by atoms with Crippen molar-refractivity contribution >= 4 is 17.4 Å². The van der Waals surface area contributed by atoms with Crippen molar-refractivity contribution in [2.24, 2.45) is 0 Å². The molecule has 0 fully saturated rings. The zero-order valence-electron chi connectivity index (χ0n) is 8.63. The fourth-order valence-electron chi connectivity index (χ4n) is 0.983. The standard InChI is InChI=1S/C10H14ClN3/c1-7(2)4-5-12-9-6-8(3)13-10(11)14-9/h4,6H,5H2,1-3H3,(H,12,13,14). The highest BCUT2D eigenvalue weighted by Gasteiger charge is 1.97. The minimum absolute atomic E-state index is 0.282. The number of aryl methyl sites for hydroxylation is 1. The van der Waals surface area contributed by atoms with Gasteiger partial charge in [0.05, 0.1) is 0 Å². The Labute approximate surface area is 89.2 Å². The van der Waals surface area contributed by atoms with Crippen LogP contribution in [0, 0.1) is 6.92 Å². The highest BCUT2D eigenvalue weighted by atomic mass is 35.5. The van der Waals surface area contributed by atoms with Gasteiger partial charge in [-0.05, 0) is 32.4 Å². The zero-order chi connectivity index (χ0) is 10.6. The first-order chi connectivity index (χ1) is 6.58. The quantitative estimate of drug-likeness (QED) is 0.617. The third-order valence-corrected chi connectivity index (χ3v) is 1.79. The Morgan fingerprint density at radius 2 is 2.21 bits per heavy atom. The lowest BCUT2D eigenvalue weighted by Gasteiger charge is -2.03. The number of allylic oxidation sites excluding steroid dienone is 1. The molecular weight excluding hydrogens is 198 g/mol. The van der Waals surface area contributed by atoms with Crippen LogP contribution in [0.25, 0.3) is 0 Å². The molecule has 0 amide bonds. The van der Waals surface area contributed by atoms with Crippen LogP contribution in [0.2, 0.25) is 5.28 Å². The summed E-state index contributed by atoms with van der Waals surface area (Å²) in [6.45, 7) is 6.76. The summed E-state index contributed by atoms with van der Waals surface area (Å²) in [5.74, 6) is 0.764. The fraction of sp³-hybridized carbons (Fsp3) is 0.400. The topological polar surface area (TPSA) is 37.8 Å². The largest absolute Gasteiger partial charge is 0.366 e. The SMILES string of the molecule is CC(C)=CCNc1cc(C)nc(Cl)n1. The van der Waals surface area contributed by atoms with Crippen LogP contribution in [0.1, 0.15) is 19.5 Å². The van der Waals surface area contributed by atoms with E-state index in [9.17, 15) is 0 Å². The van der Waals surface area contributed by atoms with Crippen LogP contribution in [-0.4, -0.2) is 16.5 Å². The van der Waals surface area contributed by atoms with Crippen LogP contribution in [0.5, 0.6) is 0 Å². The van der Waals surface area contributed by atoms with Crippen molar-refractivity contribution in [3.63, 3.8) is 0 Å². The first-order valence-electron chi connectivity index (χ1n) is 4.46. The molecule has 0 aliphatic heterocycles. The van der Waals surface area contributed by atoms with Crippen molar-refractivity contribution in [1.29, 1.82) is 0 Å². The summed E-state index contributed by atoms with van der Waals surface area (Å²) >= 11 is 5.71. The number of anilines is 1. The summed E-state index contributed by atoms with van der Waals surface area (Å²) in [5.41, 5.74) is 2.14. The molecule has 0 aliphatic rings. The second kappa shape index (κ2) is 4.96. The van der Waals surface area contributed by atoms with Gasteiger partial charge in [0.25, 0.3) is 0 Å². The Kier molecular flexibility index (Phi) is 3.89. The molecule has 0 unspecified atom stereocenters. The Morgan fingerprint density at radius 1 is 1.50 bits per heavy atom. The maximum atomic E-state index is 5.71. The van der Waals surface area contributed by atoms with E-state index < -0.39 is 0 Å². The predicted molar refractivity (Wildman–Crippen MR) is 59.7 cm³/mol. The molecule has 0 saturated heterocycles. The molecule has 4 heteroatoms. The zero-order valence-corrected chi connectivity index (χ0v) is 9.39. The van der Waals surface area contributed by atoms with Crippen molar-refractivity contribution in [2.45, 2.75) is 20.8 Å². The van der Waals surface area contributed by atoms with Gasteiger partial charge in [0, 0.05) is 18.3 Å². The molecule has 0 aliphatic carbocycles. The summed E-state index contributed by atoms with van der Waals surface area (Å²) in [6.07, 6.45) is 2.09. The van der Waals surface area contributed by atoms with Gasteiger partial charge in [-0.25, -0.2) is 9.97 Å². The van der Waals surface area contributed by atoms with Gasteiger partial charge in [-0.2, -0.15) is 0 Å². The number of nitrogens with zero attached hydrogens (tertiary/aromatic N) is 2. The van der Waals surface area contributed by atoms with Gasteiger partial charge >= 0.3 is 0 Å². The summed E-state index contributed by atoms with van der Waals surface area (Å²) in [6, 6.07) is 1.87. The Bertz CT molecular complexity index is 323. The maximum Gasteiger partial charge on any atom is 0.224 e. The highest BCUT2D eigenvalue weighted by molar-refractivity contribution is 6.28. The molecular formula is C10H14ClN3. The molecule has 1 N–H and O–H groups in total. The second-order valence-corrected chi connectivity index (χ2v) is 3.66. The van der Waals surface area contributed by atoms with Crippen molar-refractivity contribution in [1.82, 2.24) is 9.97 Å². The normalized spacial score (nSPS) is 9.71. The van der Waals surface area contributed by atoms with Gasteiger partial charge < -0.3 is 5.32 Å². The average Bonchev–Trinajstić information content (AvgIpc) is 2.01. The molecule has 0 atom stereocenters. The van der Waals surface area contributed by atoms with E-state index in [2.05, 4.69) is 35.2 Å². The van der Waals surface area contributed by atoms with Crippen molar-refractivity contribution in [2.75, 3.05) is 11.9 Å². The third kappa shape index (κ3) is 3.75. The van der Waals surface area contributed by atoms with E-state index in [1.807, 2.05) is 13.0 Å². The summed E-state index contributed by atoms with van der Waals surface area (Å²) in [5, 5.41) is 3.43. The first-order valence-corrected chi connectivity index (χ1v) is 4.84. The first kappa shape index (κ1) is 11.0. The van der Waals surface area contributed by atoms with Crippen molar-refractivity contribution in [3.8, 4) is 0 Å². The Hall–Kier alpha value is -1.09. The molecule has 0 bridgehead atoms. The molecule has 1 aromatic heterocycles. The van der Waals surface area contributed by atoms with E-state index in [1.54, 1.807) is 0 Å². The Balaban J connectivity index is 2.63. The van der Waals surface area contributed by atoms with Crippen LogP contribution >= 0.6 is 11.6 Å². The number of hydrogen-bond donors (Lipinski definition) is 1. The number of nitrogens with one attached hydrogen (secondary N) is 1. The smallest absolute Gasteiger partial charge is 0.224 e. The Morgan fingerprint density at radius 3 is 2.79 bits per heavy atom. The molecule has 1 heterocycles. The average molecular weight is 212 g/mol. The maximum absolute atomic E-state index is 5.71. The molecule has 1 rings (SSSR count). The molecule has 1 aromatic rings. The molecule has 0 saturated carbocycles. The van der Waals surface area contributed by atoms with Gasteiger partial charge in [-0.1, -0.05) is 11.6 Å². The van der Waals surface area contributed by atoms with Crippen LogP contribution in [0.4, 0.5) is 5.82 Å². The number of aromatic nitrogens is 2. The number of hydrogen-bond acceptors (Lipinski definition) is 3. The number of rotatable bonds is 3. The molecule has 76 valence electrons. The highest BCUT2D eigenvalue weighted by Crippen LogP contribution is 2.09. The lowest BCUT2D eigenvalue weighted by molar-refractivity contribution is 1.09. The lowest BCUT2D eigenvalue weighted by atomic mass is 10.3. The van der Waals surface area contributed by atoms with Crippen LogP contribution in [0.3, 0.4) is 0 Å². The minimum atomic E-state index is 0.282. The van der Waals surface area contributed by atoms with Crippen LogP contribution < -0.4 is 5.32 Å². The van der Waals surface area contributed by atoms with E-state index in [0.29, 0.717) is 0 Å². The van der Waals surface area contributed by atoms with E-state index >= 15 is 0 Å². The molecule has 0 radical (unpaired) electrons. The van der Waals surface area contributed by atoms with E-state index in [0.717, 1.165) is 18.1 Å². The second-order valence-electron chi connectivity index (χ2n) is 3.33. The van der Waals surface area contributed by atoms with Crippen molar-refractivity contribution < 1.29 is 0 Å². The summed E-state index contributed by atoms with van der Waals surface area (Å²) < 4.78 is 0. The van der Waals surface area contributed by atoms with Gasteiger partial charge in [0.2, 0.25) is 5.28 Å². The molecule has 0 spiro atoms. The van der Waals surface area contributed by atoms with E-state index in [-0.39, 0.29) is 5.28 Å². The van der Waals surface area contributed by atoms with Crippen molar-refractivity contribution in [3.05, 3.63) is 28.7 Å². The summed E-state index contributed by atoms with van der Waals surface area (Å²) in [4.78, 5) is 8.02. The predicted octanol–water partition coefficient (Wildman–Crippen LogP) is 2.82. The summed E-state index contributed by atoms with van der Waals surface area (Å²) in [7, 11) is 0. The van der Waals surface area contributed by atoms with E-state index in [1.165, 1.54) is 5.57 Å². The van der Waals surface area contributed by atoms with E-state index in [4.69, 9.17) is 11.6 Å². The molecule has 3 nitrogen and oxygen atoms in total. The van der Waals surface area contributed by atoms with Crippen LogP contribution in [0.15, 0.2) is 17.7 Å². The monoisotopic (exact) mass is 211 g/mol.